The molecule has 0 bridgehead atoms. The Hall–Kier alpha value is -1.71. The highest BCUT2D eigenvalue weighted by atomic mass is 16.5. The average molecular weight is 238 g/mol. The van der Waals surface area contributed by atoms with E-state index in [0.717, 1.165) is 19.3 Å². The molecule has 0 aromatic heterocycles. The van der Waals surface area contributed by atoms with E-state index < -0.39 is 5.97 Å². The van der Waals surface area contributed by atoms with Crippen LogP contribution in [0.1, 0.15) is 43.0 Å². The summed E-state index contributed by atoms with van der Waals surface area (Å²) in [5, 5.41) is 18.1. The predicted molar refractivity (Wildman–Crippen MR) is 64.7 cm³/mol. The summed E-state index contributed by atoms with van der Waals surface area (Å²) in [6.45, 7) is 2.68. The second-order valence-corrected chi connectivity index (χ2v) is 3.93. The van der Waals surface area contributed by atoms with Gasteiger partial charge in [0.05, 0.1) is 12.2 Å². The third-order valence-electron chi connectivity index (χ3n) is 2.40. The van der Waals surface area contributed by atoms with Crippen LogP contribution in [0.15, 0.2) is 18.2 Å². The number of phenolic OH excluding ortho intramolecular Hbond substituents is 1. The Balaban J connectivity index is 2.50. The molecular formula is C13H18O4. The summed E-state index contributed by atoms with van der Waals surface area (Å²) in [4.78, 5) is 10.8. The molecule has 0 aliphatic carbocycles. The van der Waals surface area contributed by atoms with E-state index >= 15 is 0 Å². The fourth-order valence-electron chi connectivity index (χ4n) is 1.51. The van der Waals surface area contributed by atoms with Gasteiger partial charge < -0.3 is 14.9 Å². The molecule has 0 heterocycles. The van der Waals surface area contributed by atoms with Crippen LogP contribution < -0.4 is 4.74 Å². The standard InChI is InChI=1S/C13H18O4/c1-2-3-4-5-6-17-12-8-10(13(15)16)7-11(14)9-12/h7-9,14H,2-6H2,1H3,(H,15,16). The van der Waals surface area contributed by atoms with E-state index in [4.69, 9.17) is 9.84 Å². The number of aromatic hydroxyl groups is 1. The van der Waals surface area contributed by atoms with Crippen LogP contribution in [0.5, 0.6) is 11.5 Å². The molecule has 4 heteroatoms. The molecule has 1 rings (SSSR count). The molecule has 0 saturated carbocycles. The Morgan fingerprint density at radius 1 is 1.24 bits per heavy atom. The molecular weight excluding hydrogens is 220 g/mol. The molecule has 0 spiro atoms. The second kappa shape index (κ2) is 6.78. The van der Waals surface area contributed by atoms with Crippen molar-refractivity contribution >= 4 is 5.97 Å². The second-order valence-electron chi connectivity index (χ2n) is 3.93. The number of hydrogen-bond donors (Lipinski definition) is 2. The van der Waals surface area contributed by atoms with Crippen molar-refractivity contribution in [1.82, 2.24) is 0 Å². The maximum atomic E-state index is 10.8. The summed E-state index contributed by atoms with van der Waals surface area (Å²) in [5.74, 6) is -0.760. The first-order chi connectivity index (χ1) is 8.13. The molecule has 0 saturated heterocycles. The van der Waals surface area contributed by atoms with Gasteiger partial charge in [-0.25, -0.2) is 4.79 Å². The van der Waals surface area contributed by atoms with E-state index in [1.165, 1.54) is 24.6 Å². The van der Waals surface area contributed by atoms with E-state index in [2.05, 4.69) is 6.92 Å². The summed E-state index contributed by atoms with van der Waals surface area (Å²) in [6.07, 6.45) is 4.37. The van der Waals surface area contributed by atoms with Gasteiger partial charge >= 0.3 is 5.97 Å². The average Bonchev–Trinajstić information content (AvgIpc) is 2.28. The molecule has 0 aliphatic heterocycles. The number of carboxylic acids is 1. The van der Waals surface area contributed by atoms with Gasteiger partial charge in [-0.3, -0.25) is 0 Å². The number of aromatic carboxylic acids is 1. The van der Waals surface area contributed by atoms with Gasteiger partial charge in [-0.15, -0.1) is 0 Å². The first-order valence-corrected chi connectivity index (χ1v) is 5.83. The van der Waals surface area contributed by atoms with Gasteiger partial charge in [-0.2, -0.15) is 0 Å². The molecule has 0 atom stereocenters. The first-order valence-electron chi connectivity index (χ1n) is 5.83. The molecule has 2 N–H and O–H groups in total. The number of hydrogen-bond acceptors (Lipinski definition) is 3. The van der Waals surface area contributed by atoms with Crippen molar-refractivity contribution in [1.29, 1.82) is 0 Å². The number of carboxylic acid groups (broad SMARTS) is 1. The van der Waals surface area contributed by atoms with Crippen LogP contribution >= 0.6 is 0 Å². The van der Waals surface area contributed by atoms with Gasteiger partial charge in [0.15, 0.2) is 0 Å². The molecule has 1 aromatic rings. The fourth-order valence-corrected chi connectivity index (χ4v) is 1.51. The molecule has 0 aliphatic rings. The minimum Gasteiger partial charge on any atom is -0.508 e. The van der Waals surface area contributed by atoms with Gasteiger partial charge in [0.25, 0.3) is 0 Å². The fraction of sp³-hybridized carbons (Fsp3) is 0.462. The highest BCUT2D eigenvalue weighted by molar-refractivity contribution is 5.88. The lowest BCUT2D eigenvalue weighted by atomic mass is 10.2. The number of carbonyl (C=O) groups is 1. The lowest BCUT2D eigenvalue weighted by Crippen LogP contribution is -2.00. The van der Waals surface area contributed by atoms with E-state index in [1.807, 2.05) is 0 Å². The molecule has 94 valence electrons. The summed E-state index contributed by atoms with van der Waals surface area (Å²) < 4.78 is 5.40. The molecule has 17 heavy (non-hydrogen) atoms. The summed E-state index contributed by atoms with van der Waals surface area (Å²) in [5.41, 5.74) is 0.0357. The Bertz CT molecular complexity index is 374. The number of benzene rings is 1. The zero-order valence-corrected chi connectivity index (χ0v) is 9.98. The highest BCUT2D eigenvalue weighted by Gasteiger charge is 2.07. The first kappa shape index (κ1) is 13.4. The Labute approximate surface area is 101 Å². The Morgan fingerprint density at radius 3 is 2.65 bits per heavy atom. The maximum absolute atomic E-state index is 10.8. The molecule has 0 unspecified atom stereocenters. The summed E-state index contributed by atoms with van der Waals surface area (Å²) >= 11 is 0. The van der Waals surface area contributed by atoms with E-state index in [9.17, 15) is 9.90 Å². The normalized spacial score (nSPS) is 10.2. The van der Waals surface area contributed by atoms with Crippen LogP contribution in [-0.2, 0) is 0 Å². The van der Waals surface area contributed by atoms with Gasteiger partial charge in [-0.1, -0.05) is 26.2 Å². The van der Waals surface area contributed by atoms with Crippen LogP contribution in [-0.4, -0.2) is 22.8 Å². The van der Waals surface area contributed by atoms with Gasteiger partial charge in [0.2, 0.25) is 0 Å². The molecule has 4 nitrogen and oxygen atoms in total. The maximum Gasteiger partial charge on any atom is 0.335 e. The van der Waals surface area contributed by atoms with E-state index in [1.54, 1.807) is 0 Å². The van der Waals surface area contributed by atoms with Crippen LogP contribution in [0, 0.1) is 0 Å². The molecule has 0 amide bonds. The number of unbranched alkanes of at least 4 members (excludes halogenated alkanes) is 3. The lowest BCUT2D eigenvalue weighted by molar-refractivity contribution is 0.0696. The Morgan fingerprint density at radius 2 is 2.00 bits per heavy atom. The van der Waals surface area contributed by atoms with Gasteiger partial charge in [-0.05, 0) is 18.6 Å². The third kappa shape index (κ3) is 4.76. The number of ether oxygens (including phenoxy) is 1. The van der Waals surface area contributed by atoms with E-state index in [-0.39, 0.29) is 11.3 Å². The van der Waals surface area contributed by atoms with Crippen LogP contribution in [0.25, 0.3) is 0 Å². The topological polar surface area (TPSA) is 66.8 Å². The number of rotatable bonds is 7. The van der Waals surface area contributed by atoms with E-state index in [0.29, 0.717) is 12.4 Å². The van der Waals surface area contributed by atoms with Crippen molar-refractivity contribution in [3.05, 3.63) is 23.8 Å². The number of phenols is 1. The largest absolute Gasteiger partial charge is 0.508 e. The van der Waals surface area contributed by atoms with Crippen molar-refractivity contribution in [2.24, 2.45) is 0 Å². The monoisotopic (exact) mass is 238 g/mol. The third-order valence-corrected chi connectivity index (χ3v) is 2.40. The lowest BCUT2D eigenvalue weighted by Gasteiger charge is -2.07. The molecule has 0 radical (unpaired) electrons. The van der Waals surface area contributed by atoms with Crippen molar-refractivity contribution in [3.63, 3.8) is 0 Å². The van der Waals surface area contributed by atoms with Crippen molar-refractivity contribution in [3.8, 4) is 11.5 Å². The zero-order valence-electron chi connectivity index (χ0n) is 9.98. The summed E-state index contributed by atoms with van der Waals surface area (Å²) in [6, 6.07) is 4.04. The van der Waals surface area contributed by atoms with Gasteiger partial charge in [0, 0.05) is 6.07 Å². The van der Waals surface area contributed by atoms with Crippen molar-refractivity contribution in [2.75, 3.05) is 6.61 Å². The highest BCUT2D eigenvalue weighted by Crippen LogP contribution is 2.22. The minimum atomic E-state index is -1.07. The smallest absolute Gasteiger partial charge is 0.335 e. The van der Waals surface area contributed by atoms with Crippen LogP contribution in [0.4, 0.5) is 0 Å². The Kier molecular flexibility index (Phi) is 5.33. The van der Waals surface area contributed by atoms with Crippen molar-refractivity contribution in [2.45, 2.75) is 32.6 Å². The van der Waals surface area contributed by atoms with Crippen LogP contribution in [0.3, 0.4) is 0 Å². The van der Waals surface area contributed by atoms with Crippen molar-refractivity contribution < 1.29 is 19.7 Å². The summed E-state index contributed by atoms with van der Waals surface area (Å²) in [7, 11) is 0. The molecule has 1 aromatic carbocycles. The zero-order chi connectivity index (χ0) is 12.7. The predicted octanol–water partition coefficient (Wildman–Crippen LogP) is 3.05. The van der Waals surface area contributed by atoms with Crippen LogP contribution in [0.2, 0.25) is 0 Å². The minimum absolute atomic E-state index is 0.0357. The quantitative estimate of drug-likeness (QED) is 0.716. The van der Waals surface area contributed by atoms with Gasteiger partial charge in [0.1, 0.15) is 11.5 Å². The molecule has 0 fully saturated rings. The SMILES string of the molecule is CCCCCCOc1cc(O)cc(C(=O)O)c1.